The van der Waals surface area contributed by atoms with E-state index in [1.165, 1.54) is 5.56 Å². The number of likely N-dealkylation sites (tertiary alicyclic amines) is 1. The number of hydrogen-bond acceptors (Lipinski definition) is 7. The molecule has 1 aliphatic heterocycles. The summed E-state index contributed by atoms with van der Waals surface area (Å²) in [5.74, 6) is -4.91. The smallest absolute Gasteiger partial charge is 0.475 e. The van der Waals surface area contributed by atoms with Gasteiger partial charge in [-0.15, -0.1) is 0 Å². The minimum absolute atomic E-state index is 0.134. The van der Waals surface area contributed by atoms with Gasteiger partial charge in [0.1, 0.15) is 5.82 Å². The number of halogens is 6. The number of carboxylic acids is 2. The summed E-state index contributed by atoms with van der Waals surface area (Å²) >= 11 is 0. The van der Waals surface area contributed by atoms with Gasteiger partial charge in [-0.25, -0.2) is 14.6 Å². The fourth-order valence-electron chi connectivity index (χ4n) is 3.47. The number of carbonyl (C=O) groups is 2. The third kappa shape index (κ3) is 11.8. The summed E-state index contributed by atoms with van der Waals surface area (Å²) in [4.78, 5) is 39.7. The van der Waals surface area contributed by atoms with Crippen LogP contribution in [0.15, 0.2) is 53.6 Å². The highest BCUT2D eigenvalue weighted by atomic mass is 19.4. The average Bonchev–Trinajstić information content (AvgIpc) is 3.54. The van der Waals surface area contributed by atoms with E-state index in [4.69, 9.17) is 25.5 Å². The van der Waals surface area contributed by atoms with Gasteiger partial charge in [0, 0.05) is 62.7 Å². The van der Waals surface area contributed by atoms with Gasteiger partial charge >= 0.3 is 24.3 Å². The third-order valence-corrected chi connectivity index (χ3v) is 5.38. The molecule has 41 heavy (non-hydrogen) atoms. The molecule has 4 rings (SSSR count). The number of nitrogens with one attached hydrogen (secondary N) is 1. The Bertz CT molecular complexity index is 1300. The quantitative estimate of drug-likeness (QED) is 0.315. The monoisotopic (exact) mass is 592 g/mol. The molecular formula is C24H26F6N6O5. The van der Waals surface area contributed by atoms with Crippen LogP contribution in [-0.2, 0) is 29.1 Å². The van der Waals surface area contributed by atoms with Crippen molar-refractivity contribution in [3.05, 3.63) is 70.4 Å². The Balaban J connectivity index is 0.000000349. The van der Waals surface area contributed by atoms with E-state index >= 15 is 0 Å². The molecule has 0 amide bonds. The van der Waals surface area contributed by atoms with E-state index in [-0.39, 0.29) is 5.56 Å². The van der Waals surface area contributed by atoms with Gasteiger partial charge in [0.25, 0.3) is 5.56 Å². The molecule has 2 aromatic heterocycles. The lowest BCUT2D eigenvalue weighted by Crippen LogP contribution is -2.26. The van der Waals surface area contributed by atoms with Gasteiger partial charge in [0.15, 0.2) is 0 Å². The van der Waals surface area contributed by atoms with Crippen LogP contribution in [0.4, 0.5) is 26.3 Å². The Labute approximate surface area is 228 Å². The van der Waals surface area contributed by atoms with E-state index in [1.54, 1.807) is 12.3 Å². The van der Waals surface area contributed by atoms with Crippen molar-refractivity contribution in [3.63, 3.8) is 0 Å². The maximum atomic E-state index is 12.0. The Morgan fingerprint density at radius 1 is 1.05 bits per heavy atom. The van der Waals surface area contributed by atoms with E-state index in [9.17, 15) is 31.1 Å². The minimum Gasteiger partial charge on any atom is -0.475 e. The number of alkyl halides is 6. The number of aryl methyl sites for hydroxylation is 2. The second-order valence-electron chi connectivity index (χ2n) is 8.69. The van der Waals surface area contributed by atoms with Crippen LogP contribution in [-0.4, -0.2) is 78.3 Å². The third-order valence-electron chi connectivity index (χ3n) is 5.38. The first-order valence-electron chi connectivity index (χ1n) is 11.8. The summed E-state index contributed by atoms with van der Waals surface area (Å²) in [5, 5.41) is 18.4. The number of H-pyrrole nitrogens is 1. The maximum Gasteiger partial charge on any atom is 0.490 e. The first-order chi connectivity index (χ1) is 19.0. The van der Waals surface area contributed by atoms with Crippen molar-refractivity contribution in [3.8, 4) is 11.4 Å². The Morgan fingerprint density at radius 2 is 1.63 bits per heavy atom. The van der Waals surface area contributed by atoms with Crippen molar-refractivity contribution in [1.29, 1.82) is 0 Å². The zero-order valence-corrected chi connectivity index (χ0v) is 21.2. The number of hydrogen-bond donors (Lipinski definition) is 4. The van der Waals surface area contributed by atoms with Crippen LogP contribution in [0.3, 0.4) is 0 Å². The van der Waals surface area contributed by atoms with Crippen molar-refractivity contribution in [2.45, 2.75) is 44.3 Å². The van der Waals surface area contributed by atoms with Crippen LogP contribution >= 0.6 is 0 Å². The molecule has 224 valence electrons. The maximum absolute atomic E-state index is 12.0. The molecule has 5 N–H and O–H groups in total. The topological polar surface area (TPSA) is 167 Å². The minimum atomic E-state index is -5.08. The molecule has 1 saturated heterocycles. The fourth-order valence-corrected chi connectivity index (χ4v) is 3.47. The van der Waals surface area contributed by atoms with Crippen molar-refractivity contribution >= 4 is 11.9 Å². The first kappa shape index (κ1) is 33.0. The predicted molar refractivity (Wildman–Crippen MR) is 131 cm³/mol. The molecule has 3 aromatic rings. The van der Waals surface area contributed by atoms with Crippen LogP contribution in [0, 0.1) is 0 Å². The number of aliphatic carboxylic acids is 2. The van der Waals surface area contributed by atoms with Crippen molar-refractivity contribution in [2.75, 3.05) is 13.1 Å². The van der Waals surface area contributed by atoms with Gasteiger partial charge < -0.3 is 20.9 Å². The fraction of sp³-hybridized carbons (Fsp3) is 0.375. The number of rotatable bonds is 6. The first-order valence-corrected chi connectivity index (χ1v) is 11.8. The molecule has 0 bridgehead atoms. The van der Waals surface area contributed by atoms with Crippen molar-refractivity contribution < 1.29 is 46.1 Å². The molecule has 1 aliphatic rings. The normalized spacial score (nSPS) is 15.3. The molecule has 0 spiro atoms. The van der Waals surface area contributed by atoms with Gasteiger partial charge in [0.2, 0.25) is 0 Å². The van der Waals surface area contributed by atoms with Crippen LogP contribution < -0.4 is 11.3 Å². The lowest BCUT2D eigenvalue weighted by Gasteiger charge is -2.15. The summed E-state index contributed by atoms with van der Waals surface area (Å²) < 4.78 is 65.3. The summed E-state index contributed by atoms with van der Waals surface area (Å²) in [6, 6.07) is 11.9. The number of carboxylic acid groups (broad SMARTS) is 2. The summed E-state index contributed by atoms with van der Waals surface area (Å²) in [5.41, 5.74) is 8.76. The highest BCUT2D eigenvalue weighted by Crippen LogP contribution is 2.18. The van der Waals surface area contributed by atoms with Crippen LogP contribution in [0.5, 0.6) is 0 Å². The molecule has 11 nitrogen and oxygen atoms in total. The van der Waals surface area contributed by atoms with E-state index in [0.29, 0.717) is 24.8 Å². The summed E-state index contributed by atoms with van der Waals surface area (Å²) in [7, 11) is 0. The summed E-state index contributed by atoms with van der Waals surface area (Å²) in [6.07, 6.45) is -4.80. The average molecular weight is 592 g/mol. The molecule has 1 atom stereocenters. The van der Waals surface area contributed by atoms with Gasteiger partial charge in [-0.05, 0) is 18.1 Å². The van der Waals surface area contributed by atoms with Crippen molar-refractivity contribution in [1.82, 2.24) is 24.6 Å². The number of nitrogens with zero attached hydrogens (tertiary/aromatic N) is 4. The SMILES string of the molecule is N[C@@H]1CCN(Cc2ccc(-c3nc(CCn4cccn4)cc(=O)[nH]3)cc2)C1.O=C(O)C(F)(F)F.O=C(O)C(F)(F)F. The van der Waals surface area contributed by atoms with E-state index in [0.717, 1.165) is 37.3 Å². The van der Waals surface area contributed by atoms with E-state index in [2.05, 4.69) is 32.1 Å². The molecule has 1 aromatic carbocycles. The number of aromatic nitrogens is 4. The van der Waals surface area contributed by atoms with Gasteiger partial charge in [0.05, 0.1) is 5.69 Å². The van der Waals surface area contributed by atoms with Gasteiger partial charge in [-0.1, -0.05) is 24.3 Å². The second kappa shape index (κ2) is 14.4. The lowest BCUT2D eigenvalue weighted by molar-refractivity contribution is -0.193. The molecule has 0 unspecified atom stereocenters. The van der Waals surface area contributed by atoms with Gasteiger partial charge in [-0.3, -0.25) is 14.4 Å². The Morgan fingerprint density at radius 3 is 2.10 bits per heavy atom. The van der Waals surface area contributed by atoms with Crippen molar-refractivity contribution in [2.24, 2.45) is 5.73 Å². The molecule has 3 heterocycles. The Hall–Kier alpha value is -4.25. The summed E-state index contributed by atoms with van der Waals surface area (Å²) in [6.45, 7) is 3.60. The van der Waals surface area contributed by atoms with Crippen LogP contribution in [0.1, 0.15) is 17.7 Å². The molecule has 0 radical (unpaired) electrons. The Kier molecular flexibility index (Phi) is 11.6. The predicted octanol–water partition coefficient (Wildman–Crippen LogP) is 2.68. The standard InChI is InChI=1S/C20H24N6O.2C2HF3O2/c21-17-6-10-25(14-17)13-15-2-4-16(5-3-15)20-23-18(12-19(27)24-20)7-11-26-9-1-8-22-26;2*3-2(4,5)1(6)7/h1-5,8-9,12,17H,6-7,10-11,13-14,21H2,(H,23,24,27);2*(H,6,7)/t17-;;/m1../s1. The van der Waals surface area contributed by atoms with E-state index < -0.39 is 24.3 Å². The van der Waals surface area contributed by atoms with Crippen LogP contribution in [0.25, 0.3) is 11.4 Å². The molecule has 0 aliphatic carbocycles. The van der Waals surface area contributed by atoms with Gasteiger partial charge in [-0.2, -0.15) is 31.4 Å². The lowest BCUT2D eigenvalue weighted by atomic mass is 10.1. The largest absolute Gasteiger partial charge is 0.490 e. The number of nitrogens with two attached hydrogens (primary N) is 1. The molecular weight excluding hydrogens is 566 g/mol. The zero-order chi connectivity index (χ0) is 30.8. The molecule has 0 saturated carbocycles. The second-order valence-corrected chi connectivity index (χ2v) is 8.69. The highest BCUT2D eigenvalue weighted by Gasteiger charge is 2.38. The number of aromatic amines is 1. The van der Waals surface area contributed by atoms with E-state index in [1.807, 2.05) is 29.1 Å². The zero-order valence-electron chi connectivity index (χ0n) is 21.2. The highest BCUT2D eigenvalue weighted by molar-refractivity contribution is 5.73. The molecule has 1 fully saturated rings. The number of benzene rings is 1. The van der Waals surface area contributed by atoms with Crippen LogP contribution in [0.2, 0.25) is 0 Å². The molecule has 17 heteroatoms.